The predicted molar refractivity (Wildman–Crippen MR) is 130 cm³/mol. The Kier molecular flexibility index (Phi) is 6.76. The van der Waals surface area contributed by atoms with Crippen molar-refractivity contribution in [2.75, 3.05) is 0 Å². The minimum Gasteiger partial charge on any atom is -0.456 e. The number of hydrogen-bond donors (Lipinski definition) is 2. The zero-order valence-corrected chi connectivity index (χ0v) is 19.2. The van der Waals surface area contributed by atoms with E-state index >= 15 is 0 Å². The lowest BCUT2D eigenvalue weighted by molar-refractivity contribution is 0.0804. The molecule has 168 valence electrons. The number of aliphatic hydroxyl groups excluding tert-OH is 1. The molecule has 0 aliphatic heterocycles. The van der Waals surface area contributed by atoms with Gasteiger partial charge in [-0.25, -0.2) is 0 Å². The molecule has 1 unspecified atom stereocenters. The lowest BCUT2D eigenvalue weighted by Crippen LogP contribution is -2.32. The summed E-state index contributed by atoms with van der Waals surface area (Å²) >= 11 is 0. The highest BCUT2D eigenvalue weighted by Gasteiger charge is 2.26. The van der Waals surface area contributed by atoms with Crippen LogP contribution in [0.3, 0.4) is 0 Å². The van der Waals surface area contributed by atoms with Crippen molar-refractivity contribution in [1.29, 1.82) is 0 Å². The third-order valence-electron chi connectivity index (χ3n) is 5.98. The maximum atomic E-state index is 13.1. The molecule has 4 nitrogen and oxygen atoms in total. The number of aliphatic hydroxyl groups is 1. The summed E-state index contributed by atoms with van der Waals surface area (Å²) in [6.45, 7) is 6.29. The van der Waals surface area contributed by atoms with E-state index in [1.165, 1.54) is 22.3 Å². The first-order chi connectivity index (χ1) is 15.9. The lowest BCUT2D eigenvalue weighted by atomic mass is 9.95. The van der Waals surface area contributed by atoms with E-state index in [0.29, 0.717) is 6.42 Å². The Bertz CT molecular complexity index is 1210. The zero-order valence-electron chi connectivity index (χ0n) is 19.2. The van der Waals surface area contributed by atoms with Crippen LogP contribution >= 0.6 is 0 Å². The summed E-state index contributed by atoms with van der Waals surface area (Å²) in [5, 5.41) is 14.0. The molecule has 4 heteroatoms. The monoisotopic (exact) mass is 439 g/mol. The number of carbonyl (C=O) groups excluding carboxylic acids is 1. The van der Waals surface area contributed by atoms with Crippen molar-refractivity contribution in [3.8, 4) is 0 Å². The van der Waals surface area contributed by atoms with Crippen LogP contribution in [0.15, 0.2) is 89.3 Å². The minimum absolute atomic E-state index is 0.230. The molecule has 4 aromatic rings. The molecule has 1 heterocycles. The van der Waals surface area contributed by atoms with Gasteiger partial charge in [-0.15, -0.1) is 0 Å². The summed E-state index contributed by atoms with van der Waals surface area (Å²) in [5.41, 5.74) is 6.42. The molecule has 4 rings (SSSR count). The molecule has 0 saturated heterocycles. The van der Waals surface area contributed by atoms with Crippen molar-refractivity contribution in [2.24, 2.45) is 0 Å². The highest BCUT2D eigenvalue weighted by atomic mass is 16.4. The van der Waals surface area contributed by atoms with E-state index in [1.54, 1.807) is 6.07 Å². The van der Waals surface area contributed by atoms with Crippen LogP contribution in [0.5, 0.6) is 0 Å². The van der Waals surface area contributed by atoms with Crippen molar-refractivity contribution in [3.05, 3.63) is 130 Å². The summed E-state index contributed by atoms with van der Waals surface area (Å²) in [6, 6.07) is 26.1. The average molecular weight is 440 g/mol. The quantitative estimate of drug-likeness (QED) is 0.371. The number of benzene rings is 3. The number of furan rings is 1. The van der Waals surface area contributed by atoms with Gasteiger partial charge in [0.15, 0.2) is 5.76 Å². The Morgan fingerprint density at radius 3 is 2.03 bits per heavy atom. The smallest absolute Gasteiger partial charge is 0.287 e. The number of rotatable bonds is 7. The van der Waals surface area contributed by atoms with E-state index < -0.39 is 12.1 Å². The molecule has 0 aliphatic carbocycles. The van der Waals surface area contributed by atoms with Gasteiger partial charge >= 0.3 is 0 Å². The molecule has 3 aromatic carbocycles. The predicted octanol–water partition coefficient (Wildman–Crippen LogP) is 6.00. The summed E-state index contributed by atoms with van der Waals surface area (Å²) in [4.78, 5) is 13.1. The van der Waals surface area contributed by atoms with Crippen LogP contribution < -0.4 is 5.32 Å². The molecule has 33 heavy (non-hydrogen) atoms. The number of carbonyl (C=O) groups is 1. The van der Waals surface area contributed by atoms with Crippen LogP contribution in [0.25, 0.3) is 0 Å². The molecule has 2 atom stereocenters. The van der Waals surface area contributed by atoms with Crippen molar-refractivity contribution in [2.45, 2.75) is 39.3 Å². The van der Waals surface area contributed by atoms with E-state index in [1.807, 2.05) is 66.7 Å². The Morgan fingerprint density at radius 2 is 1.42 bits per heavy atom. The summed E-state index contributed by atoms with van der Waals surface area (Å²) in [7, 11) is 0. The Balaban J connectivity index is 1.55. The standard InChI is InChI=1S/C29H29NO3/c1-19-16-20(2)25(21(3)17-19)18-24-14-15-26(33-24)29(32)30-27(22-10-6-4-7-11-22)28(31)23-12-8-5-9-13-23/h4-17,27-28,31H,18H2,1-3H3,(H,30,32)/t27?,28-/m0/s1. The topological polar surface area (TPSA) is 62.5 Å². The van der Waals surface area contributed by atoms with Crippen molar-refractivity contribution >= 4 is 5.91 Å². The lowest BCUT2D eigenvalue weighted by Gasteiger charge is -2.24. The van der Waals surface area contributed by atoms with Gasteiger partial charge in [0.25, 0.3) is 5.91 Å². The van der Waals surface area contributed by atoms with Crippen LogP contribution in [-0.4, -0.2) is 11.0 Å². The van der Waals surface area contributed by atoms with E-state index in [4.69, 9.17) is 4.42 Å². The Hall–Kier alpha value is -3.63. The fourth-order valence-corrected chi connectivity index (χ4v) is 4.32. The summed E-state index contributed by atoms with van der Waals surface area (Å²) < 4.78 is 5.92. The van der Waals surface area contributed by atoms with Crippen LogP contribution in [-0.2, 0) is 6.42 Å². The number of aryl methyl sites for hydroxylation is 3. The molecule has 0 saturated carbocycles. The van der Waals surface area contributed by atoms with Crippen LogP contribution in [0.1, 0.15) is 61.8 Å². The van der Waals surface area contributed by atoms with Gasteiger partial charge in [-0.1, -0.05) is 78.4 Å². The van der Waals surface area contributed by atoms with Crippen LogP contribution in [0, 0.1) is 20.8 Å². The Labute approximate surface area is 194 Å². The molecule has 0 radical (unpaired) electrons. The van der Waals surface area contributed by atoms with Gasteiger partial charge in [0.1, 0.15) is 11.9 Å². The highest BCUT2D eigenvalue weighted by Crippen LogP contribution is 2.29. The van der Waals surface area contributed by atoms with Gasteiger partial charge in [-0.2, -0.15) is 0 Å². The first-order valence-electron chi connectivity index (χ1n) is 11.2. The van der Waals surface area contributed by atoms with E-state index in [0.717, 1.165) is 16.9 Å². The molecule has 0 spiro atoms. The van der Waals surface area contributed by atoms with E-state index in [-0.39, 0.29) is 11.7 Å². The number of amides is 1. The first kappa shape index (κ1) is 22.6. The van der Waals surface area contributed by atoms with Gasteiger partial charge in [0.05, 0.1) is 6.04 Å². The summed E-state index contributed by atoms with van der Waals surface area (Å²) in [5.74, 6) is 0.603. The van der Waals surface area contributed by atoms with E-state index in [9.17, 15) is 9.90 Å². The SMILES string of the molecule is Cc1cc(C)c(Cc2ccc(C(=O)NC(c3ccccc3)[C@@H](O)c3ccccc3)o2)c(C)c1. The van der Waals surface area contributed by atoms with Gasteiger partial charge in [-0.05, 0) is 60.7 Å². The zero-order chi connectivity index (χ0) is 23.4. The number of nitrogens with one attached hydrogen (secondary N) is 1. The molecule has 1 aromatic heterocycles. The third-order valence-corrected chi connectivity index (χ3v) is 5.98. The molecular formula is C29H29NO3. The van der Waals surface area contributed by atoms with Gasteiger partial charge in [0, 0.05) is 6.42 Å². The molecule has 2 N–H and O–H groups in total. The van der Waals surface area contributed by atoms with Gasteiger partial charge in [-0.3, -0.25) is 4.79 Å². The third kappa shape index (κ3) is 5.24. The van der Waals surface area contributed by atoms with Crippen molar-refractivity contribution in [1.82, 2.24) is 5.32 Å². The summed E-state index contributed by atoms with van der Waals surface area (Å²) in [6.07, 6.45) is -0.273. The maximum absolute atomic E-state index is 13.1. The van der Waals surface area contributed by atoms with Crippen LogP contribution in [0.2, 0.25) is 0 Å². The normalized spacial score (nSPS) is 12.8. The fraction of sp³-hybridized carbons (Fsp3) is 0.207. The molecule has 0 bridgehead atoms. The highest BCUT2D eigenvalue weighted by molar-refractivity contribution is 5.91. The second-order valence-electron chi connectivity index (χ2n) is 8.54. The second-order valence-corrected chi connectivity index (χ2v) is 8.54. The van der Waals surface area contributed by atoms with Gasteiger partial charge in [0.2, 0.25) is 0 Å². The molecule has 1 amide bonds. The molecular weight excluding hydrogens is 410 g/mol. The van der Waals surface area contributed by atoms with Crippen molar-refractivity contribution in [3.63, 3.8) is 0 Å². The average Bonchev–Trinajstić information content (AvgIpc) is 3.29. The second kappa shape index (κ2) is 9.88. The van der Waals surface area contributed by atoms with Crippen molar-refractivity contribution < 1.29 is 14.3 Å². The maximum Gasteiger partial charge on any atom is 0.287 e. The Morgan fingerprint density at radius 1 is 0.848 bits per heavy atom. The molecule has 0 aliphatic rings. The molecule has 0 fully saturated rings. The van der Waals surface area contributed by atoms with Gasteiger partial charge < -0.3 is 14.8 Å². The first-order valence-corrected chi connectivity index (χ1v) is 11.2. The van der Waals surface area contributed by atoms with Crippen LogP contribution in [0.4, 0.5) is 0 Å². The number of hydrogen-bond acceptors (Lipinski definition) is 3. The van der Waals surface area contributed by atoms with E-state index in [2.05, 4.69) is 38.2 Å². The fourth-order valence-electron chi connectivity index (χ4n) is 4.32. The largest absolute Gasteiger partial charge is 0.456 e. The minimum atomic E-state index is -0.898.